The molecule has 0 atom stereocenters. The van der Waals surface area contributed by atoms with Gasteiger partial charge in [-0.05, 0) is 37.0 Å². The van der Waals surface area contributed by atoms with Crippen LogP contribution in [0.2, 0.25) is 0 Å². The summed E-state index contributed by atoms with van der Waals surface area (Å²) in [5.41, 5.74) is 0.445. The molecule has 2 N–H and O–H groups in total. The van der Waals surface area contributed by atoms with Gasteiger partial charge in [-0.25, -0.2) is 0 Å². The molecule has 0 spiro atoms. The molecule has 1 aliphatic rings. The Balaban J connectivity index is 0.000000423. The topological polar surface area (TPSA) is 57.5 Å². The Morgan fingerprint density at radius 1 is 1.13 bits per heavy atom. The molecule has 0 unspecified atom stereocenters. The molecule has 1 rings (SSSR count). The monoisotopic (exact) mass is 216 g/mol. The standard InChI is InChI=1S/C10H20O.C2H4O2/c1-10(2,3)8-4-6-9(11)7-5-8;1-2(3)4/h8-9,11H,4-7H2,1-3H3;1H3,(H,3,4). The highest BCUT2D eigenvalue weighted by molar-refractivity contribution is 5.62. The molecule has 0 aromatic rings. The zero-order valence-corrected chi connectivity index (χ0v) is 10.3. The van der Waals surface area contributed by atoms with Crippen LogP contribution in [0.15, 0.2) is 0 Å². The van der Waals surface area contributed by atoms with Gasteiger partial charge >= 0.3 is 0 Å². The van der Waals surface area contributed by atoms with Crippen LogP contribution >= 0.6 is 0 Å². The summed E-state index contributed by atoms with van der Waals surface area (Å²) in [5.74, 6) is -0.00843. The lowest BCUT2D eigenvalue weighted by Gasteiger charge is -2.35. The predicted molar refractivity (Wildman–Crippen MR) is 60.7 cm³/mol. The summed E-state index contributed by atoms with van der Waals surface area (Å²) in [6, 6.07) is 0. The van der Waals surface area contributed by atoms with Gasteiger partial charge in [0.2, 0.25) is 0 Å². The highest BCUT2D eigenvalue weighted by atomic mass is 16.4. The maximum absolute atomic E-state index is 9.29. The average molecular weight is 216 g/mol. The lowest BCUT2D eigenvalue weighted by molar-refractivity contribution is -0.134. The van der Waals surface area contributed by atoms with Crippen molar-refractivity contribution in [1.29, 1.82) is 0 Å². The van der Waals surface area contributed by atoms with Crippen LogP contribution < -0.4 is 0 Å². The first-order valence-corrected chi connectivity index (χ1v) is 5.61. The number of hydrogen-bond donors (Lipinski definition) is 2. The summed E-state index contributed by atoms with van der Waals surface area (Å²) in [6.07, 6.45) is 4.45. The fourth-order valence-electron chi connectivity index (χ4n) is 1.94. The Labute approximate surface area is 92.5 Å². The first kappa shape index (κ1) is 14.4. The van der Waals surface area contributed by atoms with Crippen molar-refractivity contribution in [2.45, 2.75) is 59.5 Å². The van der Waals surface area contributed by atoms with E-state index < -0.39 is 5.97 Å². The fourth-order valence-corrected chi connectivity index (χ4v) is 1.94. The number of hydrogen-bond acceptors (Lipinski definition) is 2. The molecule has 0 aliphatic heterocycles. The second kappa shape index (κ2) is 6.11. The number of aliphatic hydroxyl groups excluding tert-OH is 1. The third kappa shape index (κ3) is 7.37. The molecule has 3 nitrogen and oxygen atoms in total. The number of carbonyl (C=O) groups is 1. The van der Waals surface area contributed by atoms with E-state index in [9.17, 15) is 5.11 Å². The second-order valence-electron chi connectivity index (χ2n) is 5.39. The van der Waals surface area contributed by atoms with Crippen LogP contribution in [0.25, 0.3) is 0 Å². The van der Waals surface area contributed by atoms with Crippen molar-refractivity contribution in [2.75, 3.05) is 0 Å². The zero-order chi connectivity index (χ0) is 12.1. The molecule has 0 saturated heterocycles. The SMILES string of the molecule is CC(=O)O.CC(C)(C)C1CCC(O)CC1. The van der Waals surface area contributed by atoms with Crippen molar-refractivity contribution < 1.29 is 15.0 Å². The summed E-state index contributed by atoms with van der Waals surface area (Å²) in [5, 5.41) is 16.7. The number of aliphatic carboxylic acids is 1. The molecule has 3 heteroatoms. The summed E-state index contributed by atoms with van der Waals surface area (Å²) in [7, 11) is 0. The minimum Gasteiger partial charge on any atom is -0.481 e. The smallest absolute Gasteiger partial charge is 0.300 e. The summed E-state index contributed by atoms with van der Waals surface area (Å²) in [4.78, 5) is 9.00. The van der Waals surface area contributed by atoms with Gasteiger partial charge in [0.25, 0.3) is 5.97 Å². The lowest BCUT2D eigenvalue weighted by Crippen LogP contribution is -2.27. The normalized spacial score (nSPS) is 26.5. The predicted octanol–water partition coefficient (Wildman–Crippen LogP) is 2.67. The van der Waals surface area contributed by atoms with Gasteiger partial charge in [-0.3, -0.25) is 4.79 Å². The molecule has 0 radical (unpaired) electrons. The van der Waals surface area contributed by atoms with E-state index in [4.69, 9.17) is 9.90 Å². The Hall–Kier alpha value is -0.570. The molecule has 0 bridgehead atoms. The minimum absolute atomic E-state index is 0.00593. The van der Waals surface area contributed by atoms with Crippen LogP contribution in [-0.2, 0) is 4.79 Å². The second-order valence-corrected chi connectivity index (χ2v) is 5.39. The molecule has 90 valence electrons. The van der Waals surface area contributed by atoms with E-state index >= 15 is 0 Å². The van der Waals surface area contributed by atoms with Gasteiger partial charge in [-0.2, -0.15) is 0 Å². The molecular weight excluding hydrogens is 192 g/mol. The van der Waals surface area contributed by atoms with E-state index in [2.05, 4.69) is 20.8 Å². The van der Waals surface area contributed by atoms with Crippen LogP contribution in [0.5, 0.6) is 0 Å². The molecule has 0 amide bonds. The Morgan fingerprint density at radius 2 is 1.47 bits per heavy atom. The maximum atomic E-state index is 9.29. The molecule has 0 aromatic carbocycles. The van der Waals surface area contributed by atoms with Crippen LogP contribution in [0.1, 0.15) is 53.4 Å². The molecule has 0 aromatic heterocycles. The molecule has 1 aliphatic carbocycles. The van der Waals surface area contributed by atoms with Crippen molar-refractivity contribution in [2.24, 2.45) is 11.3 Å². The van der Waals surface area contributed by atoms with Crippen molar-refractivity contribution in [1.82, 2.24) is 0 Å². The van der Waals surface area contributed by atoms with E-state index in [1.165, 1.54) is 12.8 Å². The largest absolute Gasteiger partial charge is 0.481 e. The number of rotatable bonds is 0. The molecular formula is C12H24O3. The van der Waals surface area contributed by atoms with Crippen LogP contribution in [0, 0.1) is 11.3 Å². The Kier molecular flexibility index (Phi) is 5.88. The van der Waals surface area contributed by atoms with Gasteiger partial charge in [0.1, 0.15) is 0 Å². The third-order valence-electron chi connectivity index (χ3n) is 2.92. The molecule has 1 saturated carbocycles. The molecule has 0 heterocycles. The van der Waals surface area contributed by atoms with Crippen molar-refractivity contribution in [3.05, 3.63) is 0 Å². The van der Waals surface area contributed by atoms with Crippen molar-refractivity contribution >= 4 is 5.97 Å². The zero-order valence-electron chi connectivity index (χ0n) is 10.3. The summed E-state index contributed by atoms with van der Waals surface area (Å²) >= 11 is 0. The van der Waals surface area contributed by atoms with Crippen molar-refractivity contribution in [3.8, 4) is 0 Å². The van der Waals surface area contributed by atoms with Gasteiger partial charge in [0.15, 0.2) is 0 Å². The minimum atomic E-state index is -0.833. The van der Waals surface area contributed by atoms with Gasteiger partial charge in [-0.1, -0.05) is 20.8 Å². The molecule has 15 heavy (non-hydrogen) atoms. The summed E-state index contributed by atoms with van der Waals surface area (Å²) in [6.45, 7) is 7.99. The maximum Gasteiger partial charge on any atom is 0.300 e. The van der Waals surface area contributed by atoms with Crippen LogP contribution in [-0.4, -0.2) is 22.3 Å². The van der Waals surface area contributed by atoms with Crippen LogP contribution in [0.3, 0.4) is 0 Å². The Morgan fingerprint density at radius 3 is 1.73 bits per heavy atom. The van der Waals surface area contributed by atoms with E-state index in [1.54, 1.807) is 0 Å². The number of aliphatic hydroxyl groups is 1. The fraction of sp³-hybridized carbons (Fsp3) is 0.917. The quantitative estimate of drug-likeness (QED) is 0.654. The van der Waals surface area contributed by atoms with Gasteiger partial charge in [-0.15, -0.1) is 0 Å². The van der Waals surface area contributed by atoms with Crippen LogP contribution in [0.4, 0.5) is 0 Å². The van der Waals surface area contributed by atoms with Gasteiger partial charge in [0.05, 0.1) is 6.10 Å². The third-order valence-corrected chi connectivity index (χ3v) is 2.92. The lowest BCUT2D eigenvalue weighted by atomic mass is 9.72. The first-order chi connectivity index (χ1) is 6.73. The van der Waals surface area contributed by atoms with Gasteiger partial charge in [0, 0.05) is 6.92 Å². The summed E-state index contributed by atoms with van der Waals surface area (Å²) < 4.78 is 0. The Bertz CT molecular complexity index is 182. The number of carboxylic acid groups (broad SMARTS) is 1. The van der Waals surface area contributed by atoms with E-state index in [-0.39, 0.29) is 6.10 Å². The van der Waals surface area contributed by atoms with Crippen molar-refractivity contribution in [3.63, 3.8) is 0 Å². The van der Waals surface area contributed by atoms with E-state index in [1.807, 2.05) is 0 Å². The average Bonchev–Trinajstić information content (AvgIpc) is 2.01. The van der Waals surface area contributed by atoms with E-state index in [0.29, 0.717) is 5.41 Å². The molecule has 1 fully saturated rings. The number of carboxylic acids is 1. The van der Waals surface area contributed by atoms with Gasteiger partial charge < -0.3 is 10.2 Å². The van der Waals surface area contributed by atoms with E-state index in [0.717, 1.165) is 25.7 Å². The first-order valence-electron chi connectivity index (χ1n) is 5.61. The highest BCUT2D eigenvalue weighted by Crippen LogP contribution is 2.37. The highest BCUT2D eigenvalue weighted by Gasteiger charge is 2.28.